The van der Waals surface area contributed by atoms with E-state index in [1.165, 1.54) is 13.1 Å². The number of nitrogens with zero attached hydrogens (tertiary/aromatic N) is 1. The number of hydrogen-bond donors (Lipinski definition) is 0. The standard InChI is InChI=1S/C11H21NO.C2H6/c1-8(2)11-9-6-12(4-5-13-3)7-10(9)11;1-2/h8-11H,4-7H2,1-3H3;1-2H3. The molecule has 90 valence electrons. The van der Waals surface area contributed by atoms with E-state index in [0.717, 1.165) is 36.8 Å². The van der Waals surface area contributed by atoms with Crippen LogP contribution in [0.3, 0.4) is 0 Å². The SMILES string of the molecule is CC.COCCN1CC2C(C1)C2C(C)C. The highest BCUT2D eigenvalue weighted by atomic mass is 16.5. The zero-order valence-corrected chi connectivity index (χ0v) is 11.0. The fourth-order valence-electron chi connectivity index (χ4n) is 3.05. The Morgan fingerprint density at radius 1 is 1.20 bits per heavy atom. The molecule has 2 rings (SSSR count). The summed E-state index contributed by atoms with van der Waals surface area (Å²) < 4.78 is 5.09. The summed E-state index contributed by atoms with van der Waals surface area (Å²) in [5.74, 6) is 3.99. The van der Waals surface area contributed by atoms with Gasteiger partial charge in [0, 0.05) is 26.7 Å². The van der Waals surface area contributed by atoms with E-state index < -0.39 is 0 Å². The third-order valence-corrected chi connectivity index (χ3v) is 3.72. The molecule has 2 heteroatoms. The molecule has 1 saturated carbocycles. The van der Waals surface area contributed by atoms with Crippen molar-refractivity contribution in [2.24, 2.45) is 23.7 Å². The molecule has 0 radical (unpaired) electrons. The van der Waals surface area contributed by atoms with Gasteiger partial charge in [0.25, 0.3) is 0 Å². The summed E-state index contributed by atoms with van der Waals surface area (Å²) in [7, 11) is 1.79. The zero-order valence-electron chi connectivity index (χ0n) is 11.0. The number of likely N-dealkylation sites (tertiary alicyclic amines) is 1. The summed E-state index contributed by atoms with van der Waals surface area (Å²) in [5, 5.41) is 0. The summed E-state index contributed by atoms with van der Waals surface area (Å²) in [5.41, 5.74) is 0. The van der Waals surface area contributed by atoms with Gasteiger partial charge in [-0.25, -0.2) is 0 Å². The van der Waals surface area contributed by atoms with Crippen molar-refractivity contribution in [3.8, 4) is 0 Å². The molecule has 1 heterocycles. The van der Waals surface area contributed by atoms with Gasteiger partial charge in [-0.2, -0.15) is 0 Å². The fraction of sp³-hybridized carbons (Fsp3) is 1.00. The molecule has 0 spiro atoms. The second-order valence-electron chi connectivity index (χ2n) is 4.90. The topological polar surface area (TPSA) is 12.5 Å². The van der Waals surface area contributed by atoms with Gasteiger partial charge in [-0.05, 0) is 23.7 Å². The summed E-state index contributed by atoms with van der Waals surface area (Å²) in [4.78, 5) is 2.55. The molecular formula is C13H27NO. The number of rotatable bonds is 4. The van der Waals surface area contributed by atoms with Crippen LogP contribution in [0, 0.1) is 23.7 Å². The lowest BCUT2D eigenvalue weighted by molar-refractivity contribution is 0.149. The molecule has 0 aromatic heterocycles. The molecule has 1 saturated heterocycles. The van der Waals surface area contributed by atoms with Gasteiger partial charge >= 0.3 is 0 Å². The Kier molecular flexibility index (Phi) is 5.07. The first-order valence-electron chi connectivity index (χ1n) is 6.45. The van der Waals surface area contributed by atoms with Crippen LogP contribution >= 0.6 is 0 Å². The van der Waals surface area contributed by atoms with Crippen molar-refractivity contribution in [3.05, 3.63) is 0 Å². The highest BCUT2D eigenvalue weighted by Crippen LogP contribution is 2.55. The molecular weight excluding hydrogens is 186 g/mol. The Morgan fingerprint density at radius 2 is 1.73 bits per heavy atom. The normalized spacial score (nSPS) is 33.6. The minimum atomic E-state index is 0.895. The average molecular weight is 213 g/mol. The van der Waals surface area contributed by atoms with E-state index in [2.05, 4.69) is 18.7 Å². The van der Waals surface area contributed by atoms with Gasteiger partial charge in [0.1, 0.15) is 0 Å². The fourth-order valence-corrected chi connectivity index (χ4v) is 3.05. The van der Waals surface area contributed by atoms with Crippen molar-refractivity contribution in [1.82, 2.24) is 4.90 Å². The maximum Gasteiger partial charge on any atom is 0.0589 e. The summed E-state index contributed by atoms with van der Waals surface area (Å²) >= 11 is 0. The number of ether oxygens (including phenoxy) is 1. The summed E-state index contributed by atoms with van der Waals surface area (Å²) in [6.45, 7) is 13.4. The minimum Gasteiger partial charge on any atom is -0.383 e. The third-order valence-electron chi connectivity index (χ3n) is 3.72. The third kappa shape index (κ3) is 2.94. The molecule has 0 bridgehead atoms. The van der Waals surface area contributed by atoms with E-state index in [4.69, 9.17) is 4.74 Å². The molecule has 2 aliphatic rings. The Balaban J connectivity index is 0.000000531. The van der Waals surface area contributed by atoms with Crippen molar-refractivity contribution in [2.75, 3.05) is 33.4 Å². The molecule has 0 aromatic carbocycles. The summed E-state index contributed by atoms with van der Waals surface area (Å²) in [6, 6.07) is 0. The van der Waals surface area contributed by atoms with Crippen LogP contribution in [-0.4, -0.2) is 38.3 Å². The highest BCUT2D eigenvalue weighted by Gasteiger charge is 2.55. The van der Waals surface area contributed by atoms with Gasteiger partial charge < -0.3 is 9.64 Å². The lowest BCUT2D eigenvalue weighted by Crippen LogP contribution is -2.28. The Bertz CT molecular complexity index is 169. The Hall–Kier alpha value is -0.0800. The first-order chi connectivity index (χ1) is 7.24. The molecule has 0 N–H and O–H groups in total. The van der Waals surface area contributed by atoms with Crippen LogP contribution in [0.4, 0.5) is 0 Å². The summed E-state index contributed by atoms with van der Waals surface area (Å²) in [6.07, 6.45) is 0. The largest absolute Gasteiger partial charge is 0.383 e. The molecule has 15 heavy (non-hydrogen) atoms. The first kappa shape index (κ1) is 13.0. The maximum atomic E-state index is 5.09. The quantitative estimate of drug-likeness (QED) is 0.711. The van der Waals surface area contributed by atoms with Crippen LogP contribution in [-0.2, 0) is 4.74 Å². The first-order valence-corrected chi connectivity index (χ1v) is 6.45. The second-order valence-corrected chi connectivity index (χ2v) is 4.90. The van der Waals surface area contributed by atoms with Crippen LogP contribution in [0.25, 0.3) is 0 Å². The Labute approximate surface area is 95.0 Å². The monoisotopic (exact) mass is 213 g/mol. The maximum absolute atomic E-state index is 5.09. The van der Waals surface area contributed by atoms with Crippen LogP contribution in [0.15, 0.2) is 0 Å². The van der Waals surface area contributed by atoms with Crippen LogP contribution in [0.1, 0.15) is 27.7 Å². The van der Waals surface area contributed by atoms with Crippen LogP contribution in [0.5, 0.6) is 0 Å². The number of piperidine rings is 1. The molecule has 1 aliphatic carbocycles. The van der Waals surface area contributed by atoms with E-state index in [0.29, 0.717) is 0 Å². The molecule has 0 aromatic rings. The molecule has 0 amide bonds. The predicted molar refractivity (Wildman–Crippen MR) is 65.0 cm³/mol. The van der Waals surface area contributed by atoms with Gasteiger partial charge in [0.15, 0.2) is 0 Å². The van der Waals surface area contributed by atoms with E-state index in [9.17, 15) is 0 Å². The Morgan fingerprint density at radius 3 is 2.13 bits per heavy atom. The number of methoxy groups -OCH3 is 1. The second kappa shape index (κ2) is 5.86. The van der Waals surface area contributed by atoms with E-state index in [-0.39, 0.29) is 0 Å². The van der Waals surface area contributed by atoms with Gasteiger partial charge in [-0.3, -0.25) is 0 Å². The molecule has 2 fully saturated rings. The number of fused-ring (bicyclic) bond motifs is 1. The van der Waals surface area contributed by atoms with E-state index >= 15 is 0 Å². The van der Waals surface area contributed by atoms with Crippen molar-refractivity contribution in [3.63, 3.8) is 0 Å². The average Bonchev–Trinajstić information content (AvgIpc) is 2.76. The van der Waals surface area contributed by atoms with Gasteiger partial charge in [0.2, 0.25) is 0 Å². The van der Waals surface area contributed by atoms with Crippen LogP contribution in [0.2, 0.25) is 0 Å². The lowest BCUT2D eigenvalue weighted by atomic mass is 10.1. The predicted octanol–water partition coefficient (Wildman–Crippen LogP) is 2.49. The van der Waals surface area contributed by atoms with Crippen molar-refractivity contribution < 1.29 is 4.74 Å². The number of hydrogen-bond acceptors (Lipinski definition) is 2. The van der Waals surface area contributed by atoms with Crippen molar-refractivity contribution >= 4 is 0 Å². The van der Waals surface area contributed by atoms with E-state index in [1.54, 1.807) is 7.11 Å². The molecule has 2 atom stereocenters. The van der Waals surface area contributed by atoms with Gasteiger partial charge in [-0.15, -0.1) is 0 Å². The highest BCUT2D eigenvalue weighted by molar-refractivity contribution is 5.05. The van der Waals surface area contributed by atoms with E-state index in [1.807, 2.05) is 13.8 Å². The van der Waals surface area contributed by atoms with Gasteiger partial charge in [-0.1, -0.05) is 27.7 Å². The smallest absolute Gasteiger partial charge is 0.0589 e. The van der Waals surface area contributed by atoms with Crippen molar-refractivity contribution in [2.45, 2.75) is 27.7 Å². The molecule has 1 aliphatic heterocycles. The molecule has 2 unspecified atom stereocenters. The zero-order chi connectivity index (χ0) is 11.4. The van der Waals surface area contributed by atoms with Crippen molar-refractivity contribution in [1.29, 1.82) is 0 Å². The van der Waals surface area contributed by atoms with Crippen LogP contribution < -0.4 is 0 Å². The lowest BCUT2D eigenvalue weighted by Gasteiger charge is -2.19. The minimum absolute atomic E-state index is 0.895. The molecule has 2 nitrogen and oxygen atoms in total. The van der Waals surface area contributed by atoms with Gasteiger partial charge in [0.05, 0.1) is 6.61 Å².